The number of hydrogen-bond donors (Lipinski definition) is 0. The fourth-order valence-corrected chi connectivity index (χ4v) is 2.61. The van der Waals surface area contributed by atoms with Gasteiger partial charge in [-0.2, -0.15) is 16.3 Å². The van der Waals surface area contributed by atoms with Gasteiger partial charge in [0.1, 0.15) is 0 Å². The summed E-state index contributed by atoms with van der Waals surface area (Å²) in [6, 6.07) is 1.97. The van der Waals surface area contributed by atoms with Gasteiger partial charge in [-0.05, 0) is 11.4 Å². The highest BCUT2D eigenvalue weighted by Gasteiger charge is 2.34. The summed E-state index contributed by atoms with van der Waals surface area (Å²) in [5.41, 5.74) is 0.982. The number of carbonyl (C=O) groups excluding carboxylic acids is 1. The Labute approximate surface area is 108 Å². The quantitative estimate of drug-likeness (QED) is 0.851. The second-order valence-corrected chi connectivity index (χ2v) is 5.10. The van der Waals surface area contributed by atoms with E-state index in [0.717, 1.165) is 5.56 Å². The average molecular weight is 263 g/mol. The van der Waals surface area contributed by atoms with Crippen molar-refractivity contribution in [3.05, 3.63) is 22.7 Å². The molecule has 5 nitrogen and oxygen atoms in total. The highest BCUT2D eigenvalue weighted by atomic mass is 32.1. The summed E-state index contributed by atoms with van der Waals surface area (Å²) in [5.74, 6) is 1.65. The molecule has 0 spiro atoms. The smallest absolute Gasteiger partial charge is 0.233 e. The first-order valence-corrected chi connectivity index (χ1v) is 6.86. The Balaban J connectivity index is 1.67. The van der Waals surface area contributed by atoms with Crippen LogP contribution >= 0.6 is 11.3 Å². The first-order valence-electron chi connectivity index (χ1n) is 5.92. The third-order valence-corrected chi connectivity index (χ3v) is 3.79. The topological polar surface area (TPSA) is 59.2 Å². The van der Waals surface area contributed by atoms with Crippen LogP contribution in [0.2, 0.25) is 0 Å². The van der Waals surface area contributed by atoms with Crippen LogP contribution in [0, 0.1) is 0 Å². The molecule has 0 aromatic carbocycles. The number of aromatic nitrogens is 2. The maximum absolute atomic E-state index is 11.4. The standard InChI is InChI=1S/C12H13N3O2S/c1-2-10(16)15-5-9(6-15)12-13-11(14-17-12)8-3-4-18-7-8/h3-4,7,9H,2,5-6H2,1H3. The highest BCUT2D eigenvalue weighted by Crippen LogP contribution is 2.28. The minimum absolute atomic E-state index is 0.184. The summed E-state index contributed by atoms with van der Waals surface area (Å²) < 4.78 is 5.26. The molecule has 0 aliphatic carbocycles. The van der Waals surface area contributed by atoms with E-state index in [9.17, 15) is 4.79 Å². The van der Waals surface area contributed by atoms with E-state index in [1.807, 2.05) is 28.7 Å². The van der Waals surface area contributed by atoms with Crippen molar-refractivity contribution in [3.8, 4) is 11.4 Å². The van der Waals surface area contributed by atoms with E-state index in [-0.39, 0.29) is 11.8 Å². The van der Waals surface area contributed by atoms with Crippen LogP contribution in [0.3, 0.4) is 0 Å². The zero-order valence-corrected chi connectivity index (χ0v) is 10.8. The molecular weight excluding hydrogens is 250 g/mol. The fourth-order valence-electron chi connectivity index (χ4n) is 1.97. The highest BCUT2D eigenvalue weighted by molar-refractivity contribution is 7.08. The van der Waals surface area contributed by atoms with Gasteiger partial charge in [0.2, 0.25) is 17.6 Å². The minimum Gasteiger partial charge on any atom is -0.341 e. The summed E-state index contributed by atoms with van der Waals surface area (Å²) in [5, 5.41) is 7.94. The molecule has 1 aliphatic rings. The van der Waals surface area contributed by atoms with Crippen molar-refractivity contribution in [2.75, 3.05) is 13.1 Å². The predicted molar refractivity (Wildman–Crippen MR) is 67.2 cm³/mol. The molecule has 3 rings (SSSR count). The normalized spacial score (nSPS) is 15.7. The molecule has 0 N–H and O–H groups in total. The molecule has 6 heteroatoms. The molecule has 2 aromatic rings. The number of carbonyl (C=O) groups is 1. The van der Waals surface area contributed by atoms with E-state index in [1.165, 1.54) is 0 Å². The van der Waals surface area contributed by atoms with Gasteiger partial charge in [-0.1, -0.05) is 12.1 Å². The summed E-state index contributed by atoms with van der Waals surface area (Å²) in [6.07, 6.45) is 0.552. The summed E-state index contributed by atoms with van der Waals surface area (Å²) >= 11 is 1.60. The number of likely N-dealkylation sites (tertiary alicyclic amines) is 1. The van der Waals surface area contributed by atoms with Gasteiger partial charge in [0, 0.05) is 30.5 Å². The first kappa shape index (κ1) is 11.4. The van der Waals surface area contributed by atoms with Gasteiger partial charge in [-0.3, -0.25) is 4.79 Å². The molecule has 1 aliphatic heterocycles. The summed E-state index contributed by atoms with van der Waals surface area (Å²) in [6.45, 7) is 3.26. The molecule has 0 radical (unpaired) electrons. The lowest BCUT2D eigenvalue weighted by atomic mass is 10.00. The summed E-state index contributed by atoms with van der Waals surface area (Å²) in [7, 11) is 0. The monoisotopic (exact) mass is 263 g/mol. The van der Waals surface area contributed by atoms with Crippen LogP contribution in [0.4, 0.5) is 0 Å². The number of amides is 1. The second-order valence-electron chi connectivity index (χ2n) is 4.32. The second kappa shape index (κ2) is 4.53. The zero-order chi connectivity index (χ0) is 12.5. The molecule has 0 bridgehead atoms. The Bertz CT molecular complexity index is 543. The predicted octanol–water partition coefficient (Wildman–Crippen LogP) is 2.13. The van der Waals surface area contributed by atoms with Gasteiger partial charge in [0.25, 0.3) is 0 Å². The molecule has 94 valence electrons. The Morgan fingerprint density at radius 2 is 2.44 bits per heavy atom. The number of thiophene rings is 1. The van der Waals surface area contributed by atoms with Crippen molar-refractivity contribution in [2.24, 2.45) is 0 Å². The van der Waals surface area contributed by atoms with E-state index in [4.69, 9.17) is 4.52 Å². The van der Waals surface area contributed by atoms with Crippen molar-refractivity contribution in [1.29, 1.82) is 0 Å². The molecule has 3 heterocycles. The lowest BCUT2D eigenvalue weighted by Crippen LogP contribution is -2.48. The van der Waals surface area contributed by atoms with Gasteiger partial charge < -0.3 is 9.42 Å². The fraction of sp³-hybridized carbons (Fsp3) is 0.417. The van der Waals surface area contributed by atoms with Crippen LogP contribution in [0.25, 0.3) is 11.4 Å². The number of nitrogens with zero attached hydrogens (tertiary/aromatic N) is 3. The van der Waals surface area contributed by atoms with E-state index < -0.39 is 0 Å². The van der Waals surface area contributed by atoms with Crippen molar-refractivity contribution in [1.82, 2.24) is 15.0 Å². The van der Waals surface area contributed by atoms with Crippen molar-refractivity contribution in [3.63, 3.8) is 0 Å². The van der Waals surface area contributed by atoms with Gasteiger partial charge in [-0.25, -0.2) is 0 Å². The first-order chi connectivity index (χ1) is 8.78. The zero-order valence-electron chi connectivity index (χ0n) is 10.00. The van der Waals surface area contributed by atoms with Gasteiger partial charge in [0.15, 0.2) is 0 Å². The lowest BCUT2D eigenvalue weighted by molar-refractivity contribution is -0.135. The molecule has 0 saturated carbocycles. The van der Waals surface area contributed by atoms with E-state index in [0.29, 0.717) is 31.2 Å². The Kier molecular flexibility index (Phi) is 2.87. The van der Waals surface area contributed by atoms with E-state index in [1.54, 1.807) is 11.3 Å². The molecule has 0 atom stereocenters. The van der Waals surface area contributed by atoms with Gasteiger partial charge >= 0.3 is 0 Å². The Morgan fingerprint density at radius 3 is 3.11 bits per heavy atom. The molecule has 18 heavy (non-hydrogen) atoms. The molecule has 2 aromatic heterocycles. The summed E-state index contributed by atoms with van der Waals surface area (Å²) in [4.78, 5) is 17.6. The van der Waals surface area contributed by atoms with Gasteiger partial charge in [-0.15, -0.1) is 0 Å². The number of rotatable bonds is 3. The van der Waals surface area contributed by atoms with E-state index in [2.05, 4.69) is 10.1 Å². The maximum atomic E-state index is 11.4. The van der Waals surface area contributed by atoms with E-state index >= 15 is 0 Å². The molecule has 0 unspecified atom stereocenters. The minimum atomic E-state index is 0.184. The van der Waals surface area contributed by atoms with Gasteiger partial charge in [0.05, 0.1) is 5.92 Å². The Hall–Kier alpha value is -1.69. The Morgan fingerprint density at radius 1 is 1.61 bits per heavy atom. The molecule has 1 amide bonds. The average Bonchev–Trinajstić information content (AvgIpc) is 2.96. The van der Waals surface area contributed by atoms with Crippen LogP contribution in [0.5, 0.6) is 0 Å². The van der Waals surface area contributed by atoms with Crippen LogP contribution in [0.1, 0.15) is 25.2 Å². The molecule has 1 saturated heterocycles. The SMILES string of the molecule is CCC(=O)N1CC(c2nc(-c3ccsc3)no2)C1. The largest absolute Gasteiger partial charge is 0.341 e. The van der Waals surface area contributed by atoms with Crippen LogP contribution in [-0.4, -0.2) is 34.0 Å². The third kappa shape index (κ3) is 1.92. The lowest BCUT2D eigenvalue weighted by Gasteiger charge is -2.36. The van der Waals surface area contributed by atoms with Crippen LogP contribution in [-0.2, 0) is 4.79 Å². The number of hydrogen-bond acceptors (Lipinski definition) is 5. The molecular formula is C12H13N3O2S. The van der Waals surface area contributed by atoms with Crippen molar-refractivity contribution < 1.29 is 9.32 Å². The van der Waals surface area contributed by atoms with Crippen LogP contribution < -0.4 is 0 Å². The van der Waals surface area contributed by atoms with Crippen molar-refractivity contribution >= 4 is 17.2 Å². The van der Waals surface area contributed by atoms with Crippen LogP contribution in [0.15, 0.2) is 21.3 Å². The van der Waals surface area contributed by atoms with Crippen molar-refractivity contribution in [2.45, 2.75) is 19.3 Å². The third-order valence-electron chi connectivity index (χ3n) is 3.11. The maximum Gasteiger partial charge on any atom is 0.233 e. The molecule has 1 fully saturated rings.